The maximum absolute atomic E-state index is 11.5. The molecule has 0 saturated heterocycles. The van der Waals surface area contributed by atoms with Crippen molar-refractivity contribution in [3.8, 4) is 0 Å². The van der Waals surface area contributed by atoms with Gasteiger partial charge in [0, 0.05) is 6.42 Å². The minimum absolute atomic E-state index is 0.0541. The van der Waals surface area contributed by atoms with Gasteiger partial charge in [-0.2, -0.15) is 0 Å². The molecule has 1 amide bonds. The number of rotatable bonds is 7. The molecular weight excluding hydrogens is 242 g/mol. The Labute approximate surface area is 114 Å². The fourth-order valence-corrected chi connectivity index (χ4v) is 1.67. The van der Waals surface area contributed by atoms with E-state index in [2.05, 4.69) is 24.4 Å². The van der Waals surface area contributed by atoms with Gasteiger partial charge in [-0.05, 0) is 30.9 Å². The summed E-state index contributed by atoms with van der Waals surface area (Å²) < 4.78 is 4.73. The summed E-state index contributed by atoms with van der Waals surface area (Å²) in [6.45, 7) is 4.12. The number of amides is 1. The first kappa shape index (κ1) is 15.2. The number of hydrogen-bond donors (Lipinski definition) is 1. The highest BCUT2D eigenvalue weighted by Crippen LogP contribution is 2.07. The van der Waals surface area contributed by atoms with E-state index >= 15 is 0 Å². The van der Waals surface area contributed by atoms with Crippen LogP contribution in [0.5, 0.6) is 0 Å². The van der Waals surface area contributed by atoms with Crippen LogP contribution < -0.4 is 5.32 Å². The molecule has 0 unspecified atom stereocenters. The number of benzene rings is 1. The smallest absolute Gasteiger partial charge is 0.325 e. The quantitative estimate of drug-likeness (QED) is 0.764. The zero-order valence-corrected chi connectivity index (χ0v) is 11.6. The zero-order chi connectivity index (χ0) is 14.1. The van der Waals surface area contributed by atoms with Crippen molar-refractivity contribution in [3.63, 3.8) is 0 Å². The number of carbonyl (C=O) groups excluding carboxylic acids is 2. The normalized spacial score (nSPS) is 10.0. The summed E-state index contributed by atoms with van der Waals surface area (Å²) in [6, 6.07) is 8.23. The van der Waals surface area contributed by atoms with E-state index in [1.54, 1.807) is 6.92 Å². The molecule has 0 bridgehead atoms. The standard InChI is InChI=1S/C15H21NO3/c1-3-12-5-7-13(8-6-12)9-10-14(17)16-11-15(18)19-4-2/h5-8H,3-4,9-11H2,1-2H3,(H,16,17). The molecule has 0 fully saturated rings. The second-order valence-corrected chi connectivity index (χ2v) is 4.25. The maximum Gasteiger partial charge on any atom is 0.325 e. The molecule has 0 aromatic heterocycles. The Balaban J connectivity index is 2.27. The first-order chi connectivity index (χ1) is 9.15. The minimum atomic E-state index is -0.400. The van der Waals surface area contributed by atoms with Crippen LogP contribution in [0.25, 0.3) is 0 Å². The molecule has 0 heterocycles. The number of esters is 1. The Hall–Kier alpha value is -1.84. The van der Waals surface area contributed by atoms with E-state index in [1.807, 2.05) is 12.1 Å². The van der Waals surface area contributed by atoms with Gasteiger partial charge in [-0.3, -0.25) is 9.59 Å². The van der Waals surface area contributed by atoms with E-state index in [0.717, 1.165) is 12.0 Å². The molecule has 1 N–H and O–H groups in total. The van der Waals surface area contributed by atoms with Crippen molar-refractivity contribution in [2.75, 3.05) is 13.2 Å². The third-order valence-corrected chi connectivity index (χ3v) is 2.81. The summed E-state index contributed by atoms with van der Waals surface area (Å²) in [6.07, 6.45) is 2.07. The van der Waals surface area contributed by atoms with Crippen LogP contribution >= 0.6 is 0 Å². The van der Waals surface area contributed by atoms with Crippen LogP contribution in [0.3, 0.4) is 0 Å². The van der Waals surface area contributed by atoms with Crippen molar-refractivity contribution in [3.05, 3.63) is 35.4 Å². The molecule has 0 aliphatic carbocycles. The highest BCUT2D eigenvalue weighted by molar-refractivity contribution is 5.81. The molecule has 0 aliphatic rings. The van der Waals surface area contributed by atoms with E-state index in [4.69, 9.17) is 4.74 Å². The molecule has 0 aliphatic heterocycles. The van der Waals surface area contributed by atoms with E-state index in [1.165, 1.54) is 5.56 Å². The van der Waals surface area contributed by atoms with E-state index < -0.39 is 5.97 Å². The van der Waals surface area contributed by atoms with Crippen molar-refractivity contribution in [2.24, 2.45) is 0 Å². The van der Waals surface area contributed by atoms with Crippen LogP contribution in [0.4, 0.5) is 0 Å². The molecule has 0 spiro atoms. The van der Waals surface area contributed by atoms with Crippen molar-refractivity contribution < 1.29 is 14.3 Å². The lowest BCUT2D eigenvalue weighted by Gasteiger charge is -2.05. The third-order valence-electron chi connectivity index (χ3n) is 2.81. The summed E-state index contributed by atoms with van der Waals surface area (Å²) in [5.74, 6) is -0.532. The largest absolute Gasteiger partial charge is 0.465 e. The topological polar surface area (TPSA) is 55.4 Å². The van der Waals surface area contributed by atoms with Gasteiger partial charge in [-0.25, -0.2) is 0 Å². The second kappa shape index (κ2) is 8.29. The molecule has 1 aromatic carbocycles. The van der Waals surface area contributed by atoms with Crippen LogP contribution in [0, 0.1) is 0 Å². The fraction of sp³-hybridized carbons (Fsp3) is 0.467. The Kier molecular flexibility index (Phi) is 6.64. The minimum Gasteiger partial charge on any atom is -0.465 e. The zero-order valence-electron chi connectivity index (χ0n) is 11.6. The number of ether oxygens (including phenoxy) is 1. The SMILES string of the molecule is CCOC(=O)CNC(=O)CCc1ccc(CC)cc1. The monoisotopic (exact) mass is 263 g/mol. The molecule has 19 heavy (non-hydrogen) atoms. The summed E-state index contributed by atoms with van der Waals surface area (Å²) in [5, 5.41) is 2.55. The van der Waals surface area contributed by atoms with Gasteiger partial charge < -0.3 is 10.1 Å². The molecule has 1 rings (SSSR count). The second-order valence-electron chi connectivity index (χ2n) is 4.25. The molecule has 1 aromatic rings. The summed E-state index contributed by atoms with van der Waals surface area (Å²) in [5.41, 5.74) is 2.42. The maximum atomic E-state index is 11.5. The summed E-state index contributed by atoms with van der Waals surface area (Å²) in [7, 11) is 0. The van der Waals surface area contributed by atoms with E-state index in [0.29, 0.717) is 19.4 Å². The first-order valence-electron chi connectivity index (χ1n) is 6.65. The molecule has 0 radical (unpaired) electrons. The van der Waals surface area contributed by atoms with E-state index in [-0.39, 0.29) is 12.5 Å². The Morgan fingerprint density at radius 2 is 1.74 bits per heavy atom. The van der Waals surface area contributed by atoms with Gasteiger partial charge in [0.1, 0.15) is 6.54 Å². The van der Waals surface area contributed by atoms with Crippen molar-refractivity contribution in [1.29, 1.82) is 0 Å². The van der Waals surface area contributed by atoms with Crippen LogP contribution in [0.2, 0.25) is 0 Å². The molecule has 4 nitrogen and oxygen atoms in total. The number of aryl methyl sites for hydroxylation is 2. The van der Waals surface area contributed by atoms with Crippen LogP contribution in [-0.2, 0) is 27.2 Å². The number of carbonyl (C=O) groups is 2. The first-order valence-corrected chi connectivity index (χ1v) is 6.65. The molecule has 0 atom stereocenters. The molecule has 0 saturated carbocycles. The lowest BCUT2D eigenvalue weighted by molar-refractivity contribution is -0.143. The van der Waals surface area contributed by atoms with Crippen LogP contribution in [0.15, 0.2) is 24.3 Å². The van der Waals surface area contributed by atoms with Crippen LogP contribution in [0.1, 0.15) is 31.4 Å². The van der Waals surface area contributed by atoms with Gasteiger partial charge in [0.15, 0.2) is 0 Å². The predicted octanol–water partition coefficient (Wildman–Crippen LogP) is 1.86. The Bertz CT molecular complexity index is 412. The molecular formula is C15H21NO3. The average molecular weight is 263 g/mol. The van der Waals surface area contributed by atoms with Gasteiger partial charge in [-0.1, -0.05) is 31.2 Å². The Morgan fingerprint density at radius 3 is 2.32 bits per heavy atom. The average Bonchev–Trinajstić information content (AvgIpc) is 2.44. The van der Waals surface area contributed by atoms with Crippen molar-refractivity contribution >= 4 is 11.9 Å². The predicted molar refractivity (Wildman–Crippen MR) is 73.8 cm³/mol. The van der Waals surface area contributed by atoms with Crippen LogP contribution in [-0.4, -0.2) is 25.0 Å². The van der Waals surface area contributed by atoms with Gasteiger partial charge in [0.25, 0.3) is 0 Å². The lowest BCUT2D eigenvalue weighted by atomic mass is 10.1. The lowest BCUT2D eigenvalue weighted by Crippen LogP contribution is -2.30. The fourth-order valence-electron chi connectivity index (χ4n) is 1.67. The molecule has 104 valence electrons. The van der Waals surface area contributed by atoms with Gasteiger partial charge in [0.05, 0.1) is 6.61 Å². The number of nitrogens with one attached hydrogen (secondary N) is 1. The molecule has 4 heteroatoms. The van der Waals surface area contributed by atoms with Crippen molar-refractivity contribution in [2.45, 2.75) is 33.1 Å². The highest BCUT2D eigenvalue weighted by Gasteiger charge is 2.06. The van der Waals surface area contributed by atoms with Gasteiger partial charge >= 0.3 is 5.97 Å². The Morgan fingerprint density at radius 1 is 1.11 bits per heavy atom. The van der Waals surface area contributed by atoms with Gasteiger partial charge in [-0.15, -0.1) is 0 Å². The van der Waals surface area contributed by atoms with Gasteiger partial charge in [0.2, 0.25) is 5.91 Å². The van der Waals surface area contributed by atoms with E-state index in [9.17, 15) is 9.59 Å². The number of hydrogen-bond acceptors (Lipinski definition) is 3. The summed E-state index contributed by atoms with van der Waals surface area (Å²) >= 11 is 0. The highest BCUT2D eigenvalue weighted by atomic mass is 16.5. The third kappa shape index (κ3) is 6.04. The van der Waals surface area contributed by atoms with Crippen molar-refractivity contribution in [1.82, 2.24) is 5.32 Å². The summed E-state index contributed by atoms with van der Waals surface area (Å²) in [4.78, 5) is 22.6.